The molecule has 0 aromatic heterocycles. The molecule has 0 spiro atoms. The number of hydrogen-bond donors (Lipinski definition) is 1. The lowest BCUT2D eigenvalue weighted by molar-refractivity contribution is -0.142. The lowest BCUT2D eigenvalue weighted by Crippen LogP contribution is -2.08. The van der Waals surface area contributed by atoms with E-state index in [1.54, 1.807) is 0 Å². The molecule has 0 N–H and O–H groups in total. The first-order chi connectivity index (χ1) is 5.70. The molecule has 0 amide bonds. The second kappa shape index (κ2) is 7.80. The highest BCUT2D eigenvalue weighted by Gasteiger charge is 2.07. The minimum atomic E-state index is -0.306. The summed E-state index contributed by atoms with van der Waals surface area (Å²) >= 11 is 5.45. The minimum Gasteiger partial charge on any atom is -0.441 e. The maximum atomic E-state index is 11.0. The van der Waals surface area contributed by atoms with Crippen molar-refractivity contribution in [1.29, 1.82) is 0 Å². The Bertz CT molecular complexity index is 128. The van der Waals surface area contributed by atoms with Crippen molar-refractivity contribution in [2.45, 2.75) is 37.4 Å². The van der Waals surface area contributed by atoms with E-state index < -0.39 is 0 Å². The third kappa shape index (κ3) is 6.85. The van der Waals surface area contributed by atoms with Crippen molar-refractivity contribution in [1.82, 2.24) is 0 Å². The number of thioether (sulfide) groups is 1. The highest BCUT2D eigenvalue weighted by molar-refractivity contribution is 8.09. The van der Waals surface area contributed by atoms with Crippen molar-refractivity contribution in [2.75, 3.05) is 6.26 Å². The molecule has 0 aromatic carbocycles. The van der Waals surface area contributed by atoms with Crippen LogP contribution in [0.1, 0.15) is 32.6 Å². The number of rotatable bonds is 6. The van der Waals surface area contributed by atoms with Gasteiger partial charge < -0.3 is 4.74 Å². The van der Waals surface area contributed by atoms with Crippen LogP contribution >= 0.6 is 24.4 Å². The Morgan fingerprint density at radius 1 is 1.58 bits per heavy atom. The first-order valence-electron chi connectivity index (χ1n) is 4.11. The summed E-state index contributed by atoms with van der Waals surface area (Å²) in [5.41, 5.74) is 0. The van der Waals surface area contributed by atoms with Crippen LogP contribution in [0.5, 0.6) is 0 Å². The summed E-state index contributed by atoms with van der Waals surface area (Å²) in [5, 5.41) is 0. The number of thiol groups is 1. The number of hydrogen-bond acceptors (Lipinski definition) is 4. The van der Waals surface area contributed by atoms with Crippen molar-refractivity contribution < 1.29 is 9.53 Å². The molecule has 1 unspecified atom stereocenters. The maximum absolute atomic E-state index is 11.0. The van der Waals surface area contributed by atoms with Gasteiger partial charge in [0.2, 0.25) is 0 Å². The summed E-state index contributed by atoms with van der Waals surface area (Å²) < 4.78 is 4.63. The van der Waals surface area contributed by atoms with Crippen LogP contribution in [-0.2, 0) is 9.53 Å². The summed E-state index contributed by atoms with van der Waals surface area (Å²) in [4.78, 5) is 11.0. The van der Waals surface area contributed by atoms with E-state index in [4.69, 9.17) is 4.74 Å². The Labute approximate surface area is 83.8 Å². The highest BCUT2D eigenvalue weighted by Crippen LogP contribution is 2.13. The fourth-order valence-corrected chi connectivity index (χ4v) is 1.06. The smallest absolute Gasteiger partial charge is 0.307 e. The molecule has 0 fully saturated rings. The third-order valence-electron chi connectivity index (χ3n) is 1.42. The van der Waals surface area contributed by atoms with Crippen LogP contribution in [0, 0.1) is 0 Å². The molecule has 0 bridgehead atoms. The van der Waals surface area contributed by atoms with E-state index in [2.05, 4.69) is 19.6 Å². The zero-order valence-electron chi connectivity index (χ0n) is 7.58. The monoisotopic (exact) mass is 208 g/mol. The molecule has 0 rings (SSSR count). The van der Waals surface area contributed by atoms with E-state index in [0.29, 0.717) is 6.42 Å². The largest absolute Gasteiger partial charge is 0.441 e. The van der Waals surface area contributed by atoms with E-state index in [9.17, 15) is 4.79 Å². The molecule has 72 valence electrons. The third-order valence-corrected chi connectivity index (χ3v) is 2.66. The van der Waals surface area contributed by atoms with Gasteiger partial charge in [-0.25, -0.2) is 0 Å². The van der Waals surface area contributed by atoms with Crippen LogP contribution in [0.25, 0.3) is 0 Å². The van der Waals surface area contributed by atoms with E-state index in [1.807, 2.05) is 6.26 Å². The first kappa shape index (κ1) is 12.2. The topological polar surface area (TPSA) is 26.3 Å². The fraction of sp³-hybridized carbons (Fsp3) is 0.875. The van der Waals surface area contributed by atoms with Gasteiger partial charge in [0.05, 0.1) is 0 Å². The van der Waals surface area contributed by atoms with Crippen molar-refractivity contribution in [2.24, 2.45) is 0 Å². The second-order valence-corrected chi connectivity index (χ2v) is 4.21. The number of ether oxygens (including phenoxy) is 1. The van der Waals surface area contributed by atoms with Gasteiger partial charge in [0.25, 0.3) is 0 Å². The molecule has 0 saturated carbocycles. The number of carbonyl (C=O) groups is 1. The van der Waals surface area contributed by atoms with Gasteiger partial charge in [-0.2, -0.15) is 0 Å². The summed E-state index contributed by atoms with van der Waals surface area (Å²) in [7, 11) is 0. The molecular formula is C8H16O2S2. The van der Waals surface area contributed by atoms with Crippen LogP contribution < -0.4 is 0 Å². The van der Waals surface area contributed by atoms with Crippen LogP contribution in [0.3, 0.4) is 0 Å². The minimum absolute atomic E-state index is 0.141. The van der Waals surface area contributed by atoms with Gasteiger partial charge in [-0.15, -0.1) is 24.4 Å². The molecule has 0 radical (unpaired) electrons. The summed E-state index contributed by atoms with van der Waals surface area (Å²) in [6.45, 7) is 2.11. The van der Waals surface area contributed by atoms with Gasteiger partial charge in [-0.3, -0.25) is 4.79 Å². The molecule has 0 saturated heterocycles. The standard InChI is InChI=1S/C8H16O2S2/c1-3-4-5-6-7(9)10-8(11)12-2/h8,11H,3-6H2,1-2H3. The molecule has 0 heterocycles. The molecule has 12 heavy (non-hydrogen) atoms. The molecule has 0 aromatic rings. The molecule has 0 aliphatic heterocycles. The second-order valence-electron chi connectivity index (χ2n) is 2.49. The van der Waals surface area contributed by atoms with Crippen LogP contribution in [0.4, 0.5) is 0 Å². The SMILES string of the molecule is CCCCCC(=O)OC(S)SC. The summed E-state index contributed by atoms with van der Waals surface area (Å²) in [6, 6.07) is 0. The zero-order chi connectivity index (χ0) is 9.40. The van der Waals surface area contributed by atoms with Crippen molar-refractivity contribution >= 4 is 30.4 Å². The predicted molar refractivity (Wildman–Crippen MR) is 56.5 cm³/mol. The van der Waals surface area contributed by atoms with Crippen LogP contribution in [-0.4, -0.2) is 17.0 Å². The average Bonchev–Trinajstić information content (AvgIpc) is 2.05. The Morgan fingerprint density at radius 2 is 2.25 bits per heavy atom. The van der Waals surface area contributed by atoms with Crippen molar-refractivity contribution in [3.05, 3.63) is 0 Å². The first-order valence-corrected chi connectivity index (χ1v) is 5.91. The Hall–Kier alpha value is 0.170. The average molecular weight is 208 g/mol. The lowest BCUT2D eigenvalue weighted by atomic mass is 10.2. The van der Waals surface area contributed by atoms with Crippen molar-refractivity contribution in [3.8, 4) is 0 Å². The maximum Gasteiger partial charge on any atom is 0.307 e. The van der Waals surface area contributed by atoms with Gasteiger partial charge in [-0.1, -0.05) is 19.8 Å². The Kier molecular flexibility index (Phi) is 7.91. The Morgan fingerprint density at radius 3 is 2.75 bits per heavy atom. The molecule has 0 aliphatic rings. The Balaban J connectivity index is 3.33. The lowest BCUT2D eigenvalue weighted by Gasteiger charge is -2.08. The van der Waals surface area contributed by atoms with Crippen LogP contribution in [0.15, 0.2) is 0 Å². The van der Waals surface area contributed by atoms with Gasteiger partial charge in [-0.05, 0) is 12.7 Å². The molecular weight excluding hydrogens is 192 g/mol. The number of unbranched alkanes of at least 4 members (excludes halogenated alkanes) is 2. The molecule has 4 heteroatoms. The van der Waals surface area contributed by atoms with Crippen molar-refractivity contribution in [3.63, 3.8) is 0 Å². The number of esters is 1. The van der Waals surface area contributed by atoms with Gasteiger partial charge in [0.15, 0.2) is 4.77 Å². The van der Waals surface area contributed by atoms with E-state index in [1.165, 1.54) is 11.8 Å². The number of carbonyl (C=O) groups excluding carboxylic acids is 1. The molecule has 1 atom stereocenters. The van der Waals surface area contributed by atoms with E-state index in [0.717, 1.165) is 19.3 Å². The van der Waals surface area contributed by atoms with Gasteiger partial charge in [0, 0.05) is 6.42 Å². The fourth-order valence-electron chi connectivity index (χ4n) is 0.739. The highest BCUT2D eigenvalue weighted by atomic mass is 32.2. The molecule has 2 nitrogen and oxygen atoms in total. The quantitative estimate of drug-likeness (QED) is 0.314. The zero-order valence-corrected chi connectivity index (χ0v) is 9.29. The normalized spacial score (nSPS) is 12.6. The molecule has 0 aliphatic carbocycles. The van der Waals surface area contributed by atoms with E-state index in [-0.39, 0.29) is 10.7 Å². The van der Waals surface area contributed by atoms with Gasteiger partial charge in [0.1, 0.15) is 0 Å². The van der Waals surface area contributed by atoms with E-state index >= 15 is 0 Å². The summed E-state index contributed by atoms with van der Waals surface area (Å²) in [5.74, 6) is -0.141. The summed E-state index contributed by atoms with van der Waals surface area (Å²) in [6.07, 6.45) is 5.51. The van der Waals surface area contributed by atoms with Crippen LogP contribution in [0.2, 0.25) is 0 Å². The van der Waals surface area contributed by atoms with Gasteiger partial charge >= 0.3 is 5.97 Å². The predicted octanol–water partition coefficient (Wildman–Crippen LogP) is 2.69.